The highest BCUT2D eigenvalue weighted by Crippen LogP contribution is 2.31. The van der Waals surface area contributed by atoms with E-state index in [2.05, 4.69) is 4.74 Å². The van der Waals surface area contributed by atoms with Crippen LogP contribution in [0.2, 0.25) is 0 Å². The van der Waals surface area contributed by atoms with Gasteiger partial charge in [-0.1, -0.05) is 12.1 Å². The molecule has 0 aliphatic carbocycles. The van der Waals surface area contributed by atoms with Crippen molar-refractivity contribution in [2.75, 3.05) is 6.61 Å². The zero-order chi connectivity index (χ0) is 13.1. The van der Waals surface area contributed by atoms with E-state index in [0.717, 1.165) is 18.2 Å². The number of ether oxygens (including phenoxy) is 1. The van der Waals surface area contributed by atoms with Crippen LogP contribution in [0.1, 0.15) is 24.2 Å². The Bertz CT molecular complexity index is 401. The largest absolute Gasteiger partial charge is 0.464 e. The molecule has 0 amide bonds. The molecule has 0 saturated carbocycles. The molecule has 1 unspecified atom stereocenters. The zero-order valence-corrected chi connectivity index (χ0v) is 8.92. The minimum absolute atomic E-state index is 0.0295. The predicted molar refractivity (Wildman–Crippen MR) is 51.9 cm³/mol. The minimum Gasteiger partial charge on any atom is -0.464 e. The van der Waals surface area contributed by atoms with Crippen LogP contribution < -0.4 is 0 Å². The predicted octanol–water partition coefficient (Wildman–Crippen LogP) is 3.28. The second-order valence-electron chi connectivity index (χ2n) is 3.24. The Balaban J connectivity index is 2.96. The van der Waals surface area contributed by atoms with Gasteiger partial charge in [0, 0.05) is 0 Å². The summed E-state index contributed by atoms with van der Waals surface area (Å²) < 4.78 is 54.9. The average molecular weight is 250 g/mol. The third-order valence-corrected chi connectivity index (χ3v) is 2.00. The van der Waals surface area contributed by atoms with Crippen LogP contribution in [-0.2, 0) is 15.7 Å². The number of hydrogen-bond donors (Lipinski definition) is 0. The van der Waals surface area contributed by atoms with Crippen LogP contribution in [0.25, 0.3) is 0 Å². The molecule has 0 N–H and O–H groups in total. The molecule has 1 atom stereocenters. The quantitative estimate of drug-likeness (QED) is 0.607. The Morgan fingerprint density at radius 2 is 2.06 bits per heavy atom. The Kier molecular flexibility index (Phi) is 4.09. The first-order chi connectivity index (χ1) is 7.86. The highest BCUT2D eigenvalue weighted by atomic mass is 19.4. The van der Waals surface area contributed by atoms with Crippen LogP contribution in [0.5, 0.6) is 0 Å². The SMILES string of the molecule is CCOC(=O)C(F)c1cccc(C(F)(F)F)c1. The van der Waals surface area contributed by atoms with Crippen LogP contribution in [0.3, 0.4) is 0 Å². The molecule has 0 aliphatic rings. The second kappa shape index (κ2) is 5.16. The summed E-state index contributed by atoms with van der Waals surface area (Å²) in [6, 6.07) is 3.56. The normalized spacial score (nSPS) is 13.2. The van der Waals surface area contributed by atoms with Crippen molar-refractivity contribution in [2.24, 2.45) is 0 Å². The Labute approximate surface area is 95.2 Å². The van der Waals surface area contributed by atoms with Gasteiger partial charge in [-0.25, -0.2) is 9.18 Å². The van der Waals surface area contributed by atoms with Gasteiger partial charge in [-0.3, -0.25) is 0 Å². The van der Waals surface area contributed by atoms with Gasteiger partial charge in [0.25, 0.3) is 0 Å². The fraction of sp³-hybridized carbons (Fsp3) is 0.364. The molecule has 6 heteroatoms. The number of hydrogen-bond acceptors (Lipinski definition) is 2. The summed E-state index contributed by atoms with van der Waals surface area (Å²) in [4.78, 5) is 11.0. The van der Waals surface area contributed by atoms with E-state index in [9.17, 15) is 22.4 Å². The van der Waals surface area contributed by atoms with Gasteiger partial charge in [0.05, 0.1) is 12.2 Å². The van der Waals surface area contributed by atoms with Gasteiger partial charge in [-0.15, -0.1) is 0 Å². The van der Waals surface area contributed by atoms with Crippen molar-refractivity contribution in [3.8, 4) is 0 Å². The number of halogens is 4. The second-order valence-corrected chi connectivity index (χ2v) is 3.24. The van der Waals surface area contributed by atoms with Crippen LogP contribution in [0, 0.1) is 0 Å². The van der Waals surface area contributed by atoms with Crippen LogP contribution in [-0.4, -0.2) is 12.6 Å². The van der Waals surface area contributed by atoms with E-state index in [1.165, 1.54) is 6.92 Å². The summed E-state index contributed by atoms with van der Waals surface area (Å²) in [6.45, 7) is 1.45. The lowest BCUT2D eigenvalue weighted by molar-refractivity contribution is -0.149. The summed E-state index contributed by atoms with van der Waals surface area (Å²) in [5.41, 5.74) is -1.36. The van der Waals surface area contributed by atoms with Gasteiger partial charge in [-0.05, 0) is 24.6 Å². The van der Waals surface area contributed by atoms with E-state index in [1.807, 2.05) is 0 Å². The number of carbonyl (C=O) groups is 1. The molecule has 0 saturated heterocycles. The third kappa shape index (κ3) is 3.44. The Morgan fingerprint density at radius 3 is 2.59 bits per heavy atom. The molecule has 0 bridgehead atoms. The lowest BCUT2D eigenvalue weighted by atomic mass is 10.1. The van der Waals surface area contributed by atoms with Gasteiger partial charge in [0.1, 0.15) is 0 Å². The summed E-state index contributed by atoms with van der Waals surface area (Å²) in [7, 11) is 0. The molecule has 0 aliphatic heterocycles. The van der Waals surface area contributed by atoms with Gasteiger partial charge < -0.3 is 4.74 Å². The van der Waals surface area contributed by atoms with E-state index in [1.54, 1.807) is 0 Å². The van der Waals surface area contributed by atoms with Crippen LogP contribution >= 0.6 is 0 Å². The lowest BCUT2D eigenvalue weighted by Crippen LogP contribution is -2.13. The maximum atomic E-state index is 13.4. The van der Waals surface area contributed by atoms with Crippen molar-refractivity contribution < 1.29 is 27.1 Å². The number of esters is 1. The maximum absolute atomic E-state index is 13.4. The minimum atomic E-state index is -4.57. The third-order valence-electron chi connectivity index (χ3n) is 2.00. The fourth-order valence-corrected chi connectivity index (χ4v) is 1.22. The summed E-state index contributed by atoms with van der Waals surface area (Å²) in [5.74, 6) is -1.19. The van der Waals surface area contributed by atoms with Crippen molar-refractivity contribution in [3.63, 3.8) is 0 Å². The van der Waals surface area contributed by atoms with Gasteiger partial charge >= 0.3 is 12.1 Å². The van der Waals surface area contributed by atoms with Crippen molar-refractivity contribution in [1.29, 1.82) is 0 Å². The number of carbonyl (C=O) groups excluding carboxylic acids is 1. The summed E-state index contributed by atoms with van der Waals surface area (Å²) >= 11 is 0. The average Bonchev–Trinajstić information content (AvgIpc) is 2.27. The molecule has 0 heterocycles. The molecular weight excluding hydrogens is 240 g/mol. The fourth-order valence-electron chi connectivity index (χ4n) is 1.22. The van der Waals surface area contributed by atoms with Crippen LogP contribution in [0.15, 0.2) is 24.3 Å². The molecule has 0 fully saturated rings. The molecule has 0 aromatic heterocycles. The van der Waals surface area contributed by atoms with E-state index in [-0.39, 0.29) is 12.2 Å². The smallest absolute Gasteiger partial charge is 0.416 e. The first-order valence-corrected chi connectivity index (χ1v) is 4.84. The molecule has 0 spiro atoms. The zero-order valence-electron chi connectivity index (χ0n) is 8.92. The first-order valence-electron chi connectivity index (χ1n) is 4.84. The molecule has 2 nitrogen and oxygen atoms in total. The van der Waals surface area contributed by atoms with E-state index < -0.39 is 23.9 Å². The molecule has 17 heavy (non-hydrogen) atoms. The highest BCUT2D eigenvalue weighted by molar-refractivity contribution is 5.76. The topological polar surface area (TPSA) is 26.3 Å². The first kappa shape index (κ1) is 13.5. The molecule has 94 valence electrons. The monoisotopic (exact) mass is 250 g/mol. The molecule has 1 aromatic rings. The molecule has 0 radical (unpaired) electrons. The number of alkyl halides is 4. The van der Waals surface area contributed by atoms with Crippen molar-refractivity contribution in [1.82, 2.24) is 0 Å². The van der Waals surface area contributed by atoms with E-state index in [4.69, 9.17) is 0 Å². The summed E-state index contributed by atoms with van der Waals surface area (Å²) in [6.07, 6.45) is -6.76. The Morgan fingerprint density at radius 1 is 1.41 bits per heavy atom. The van der Waals surface area contributed by atoms with Gasteiger partial charge in [0.15, 0.2) is 0 Å². The summed E-state index contributed by atoms with van der Waals surface area (Å²) in [5, 5.41) is 0. The van der Waals surface area contributed by atoms with Crippen molar-refractivity contribution in [2.45, 2.75) is 19.3 Å². The molecular formula is C11H10F4O2. The van der Waals surface area contributed by atoms with Crippen LogP contribution in [0.4, 0.5) is 17.6 Å². The van der Waals surface area contributed by atoms with E-state index >= 15 is 0 Å². The molecule has 1 aromatic carbocycles. The highest BCUT2D eigenvalue weighted by Gasteiger charge is 2.32. The standard InChI is InChI=1S/C11H10F4O2/c1-2-17-10(16)9(12)7-4-3-5-8(6-7)11(13,14)15/h3-6,9H,2H2,1H3. The van der Waals surface area contributed by atoms with Gasteiger partial charge in [0.2, 0.25) is 6.17 Å². The maximum Gasteiger partial charge on any atom is 0.416 e. The van der Waals surface area contributed by atoms with Crippen molar-refractivity contribution >= 4 is 5.97 Å². The molecule has 1 rings (SSSR count). The Hall–Kier alpha value is -1.59. The number of benzene rings is 1. The lowest BCUT2D eigenvalue weighted by Gasteiger charge is -2.11. The van der Waals surface area contributed by atoms with Gasteiger partial charge in [-0.2, -0.15) is 13.2 Å². The van der Waals surface area contributed by atoms with E-state index in [0.29, 0.717) is 6.07 Å². The van der Waals surface area contributed by atoms with Crippen molar-refractivity contribution in [3.05, 3.63) is 35.4 Å². The number of rotatable bonds is 3.